The van der Waals surface area contributed by atoms with Gasteiger partial charge in [0.25, 0.3) is 6.47 Å². The molecule has 5 nitrogen and oxygen atoms in total. The maximum atomic E-state index is 8.36. The van der Waals surface area contributed by atoms with Gasteiger partial charge in [-0.1, -0.05) is 0 Å². The molecule has 2 saturated heterocycles. The Labute approximate surface area is 124 Å². The van der Waals surface area contributed by atoms with Crippen molar-refractivity contribution in [2.75, 3.05) is 20.1 Å². The van der Waals surface area contributed by atoms with Gasteiger partial charge in [-0.25, -0.2) is 4.98 Å². The second-order valence-electron chi connectivity index (χ2n) is 5.57. The Morgan fingerprint density at radius 2 is 2.15 bits per heavy atom. The Morgan fingerprint density at radius 1 is 1.45 bits per heavy atom. The first-order chi connectivity index (χ1) is 9.65. The molecule has 0 aliphatic carbocycles. The minimum absolute atomic E-state index is 0.250. The van der Waals surface area contributed by atoms with E-state index in [0.29, 0.717) is 0 Å². The minimum Gasteiger partial charge on any atom is -0.483 e. The molecule has 0 spiro atoms. The lowest BCUT2D eigenvalue weighted by Gasteiger charge is -2.27. The lowest BCUT2D eigenvalue weighted by molar-refractivity contribution is -0.122. The fourth-order valence-electron chi connectivity index (χ4n) is 3.24. The van der Waals surface area contributed by atoms with E-state index in [4.69, 9.17) is 9.90 Å². The molecule has 3 heterocycles. The first-order valence-corrected chi connectivity index (χ1v) is 7.94. The lowest BCUT2D eigenvalue weighted by atomic mass is 10.1. The van der Waals surface area contributed by atoms with Crippen LogP contribution in [0.15, 0.2) is 5.51 Å². The summed E-state index contributed by atoms with van der Waals surface area (Å²) in [5.74, 6) is 0. The van der Waals surface area contributed by atoms with Crippen molar-refractivity contribution in [1.82, 2.24) is 14.8 Å². The van der Waals surface area contributed by atoms with Crippen molar-refractivity contribution in [2.45, 2.75) is 44.8 Å². The molecule has 2 fully saturated rings. The predicted molar refractivity (Wildman–Crippen MR) is 80.0 cm³/mol. The van der Waals surface area contributed by atoms with Crippen LogP contribution < -0.4 is 0 Å². The second kappa shape index (κ2) is 7.15. The molecule has 2 atom stereocenters. The summed E-state index contributed by atoms with van der Waals surface area (Å²) in [4.78, 5) is 19.4. The van der Waals surface area contributed by atoms with Gasteiger partial charge in [0, 0.05) is 30.1 Å². The number of likely N-dealkylation sites (tertiary alicyclic amines) is 1. The van der Waals surface area contributed by atoms with E-state index in [2.05, 4.69) is 28.8 Å². The molecule has 6 heteroatoms. The molecule has 3 rings (SSSR count). The van der Waals surface area contributed by atoms with Crippen LogP contribution >= 0.6 is 11.3 Å². The highest BCUT2D eigenvalue weighted by Crippen LogP contribution is 2.32. The Balaban J connectivity index is 0.000000452. The Morgan fingerprint density at radius 3 is 2.80 bits per heavy atom. The number of carboxylic acid groups (broad SMARTS) is 1. The van der Waals surface area contributed by atoms with Crippen LogP contribution in [0, 0.1) is 6.92 Å². The molecule has 2 aliphatic rings. The normalized spacial score (nSPS) is 26.7. The summed E-state index contributed by atoms with van der Waals surface area (Å²) in [7, 11) is 2.26. The van der Waals surface area contributed by atoms with E-state index in [-0.39, 0.29) is 6.47 Å². The maximum absolute atomic E-state index is 8.36. The molecule has 2 bridgehead atoms. The Hall–Kier alpha value is -0.980. The number of thiazole rings is 1. The van der Waals surface area contributed by atoms with Gasteiger partial charge in [-0.05, 0) is 39.8 Å². The van der Waals surface area contributed by atoms with Crippen LogP contribution in [0.25, 0.3) is 0 Å². The third kappa shape index (κ3) is 3.56. The second-order valence-corrected chi connectivity index (χ2v) is 6.51. The van der Waals surface area contributed by atoms with Crippen molar-refractivity contribution < 1.29 is 9.90 Å². The SMILES string of the molecule is Cc1ncsc1CN1[C@@H]2CC[C@H]1CN(C)CC2.O=CO. The average molecular weight is 297 g/mol. The molecule has 112 valence electrons. The van der Waals surface area contributed by atoms with Gasteiger partial charge in [0.15, 0.2) is 0 Å². The zero-order valence-electron chi connectivity index (χ0n) is 12.2. The van der Waals surface area contributed by atoms with Crippen molar-refractivity contribution in [2.24, 2.45) is 0 Å². The van der Waals surface area contributed by atoms with E-state index >= 15 is 0 Å². The number of aromatic nitrogens is 1. The molecular weight excluding hydrogens is 274 g/mol. The predicted octanol–water partition coefficient (Wildman–Crippen LogP) is 1.82. The number of likely N-dealkylation sites (N-methyl/N-ethyl adjacent to an activating group) is 1. The summed E-state index contributed by atoms with van der Waals surface area (Å²) in [6, 6.07) is 1.58. The number of nitrogens with zero attached hydrogens (tertiary/aromatic N) is 3. The fourth-order valence-corrected chi connectivity index (χ4v) is 4.03. The standard InChI is InChI=1S/C13H21N3S.CH2O2/c1-10-13(17-9-14-10)8-16-11-3-4-12(16)7-15(2)6-5-11;2-1-3/h9,11-12H,3-8H2,1-2H3;1H,(H,2,3)/t11-,12+;/m1./s1. The molecule has 2 aliphatic heterocycles. The van der Waals surface area contributed by atoms with Crippen LogP contribution in [0.2, 0.25) is 0 Å². The van der Waals surface area contributed by atoms with Gasteiger partial charge >= 0.3 is 0 Å². The average Bonchev–Trinajstić information content (AvgIpc) is 2.91. The number of rotatable bonds is 2. The zero-order valence-corrected chi connectivity index (χ0v) is 13.0. The smallest absolute Gasteiger partial charge is 0.290 e. The summed E-state index contributed by atoms with van der Waals surface area (Å²) >= 11 is 1.82. The van der Waals surface area contributed by atoms with Crippen LogP contribution in [0.3, 0.4) is 0 Å². The van der Waals surface area contributed by atoms with Gasteiger partial charge in [0.2, 0.25) is 0 Å². The topological polar surface area (TPSA) is 56.7 Å². The number of carbonyl (C=O) groups is 1. The quantitative estimate of drug-likeness (QED) is 0.844. The molecule has 1 aromatic heterocycles. The van der Waals surface area contributed by atoms with E-state index in [1.54, 1.807) is 0 Å². The molecule has 20 heavy (non-hydrogen) atoms. The number of fused-ring (bicyclic) bond motifs is 2. The van der Waals surface area contributed by atoms with E-state index in [1.807, 2.05) is 16.8 Å². The van der Waals surface area contributed by atoms with Gasteiger partial charge in [-0.2, -0.15) is 0 Å². The molecular formula is C14H23N3O2S. The monoisotopic (exact) mass is 297 g/mol. The first-order valence-electron chi connectivity index (χ1n) is 7.06. The summed E-state index contributed by atoms with van der Waals surface area (Å²) in [5, 5.41) is 6.89. The summed E-state index contributed by atoms with van der Waals surface area (Å²) < 4.78 is 0. The van der Waals surface area contributed by atoms with Gasteiger partial charge in [-0.3, -0.25) is 9.69 Å². The number of hydrogen-bond acceptors (Lipinski definition) is 5. The minimum atomic E-state index is -0.250. The van der Waals surface area contributed by atoms with Crippen molar-refractivity contribution in [1.29, 1.82) is 0 Å². The van der Waals surface area contributed by atoms with E-state index in [0.717, 1.165) is 18.6 Å². The Bertz CT molecular complexity index is 438. The highest BCUT2D eigenvalue weighted by atomic mass is 32.1. The van der Waals surface area contributed by atoms with Crippen molar-refractivity contribution >= 4 is 17.8 Å². The molecule has 1 N–H and O–H groups in total. The molecule has 1 aromatic rings. The summed E-state index contributed by atoms with van der Waals surface area (Å²) in [6.07, 6.45) is 4.12. The highest BCUT2D eigenvalue weighted by molar-refractivity contribution is 7.09. The van der Waals surface area contributed by atoms with Crippen LogP contribution in [0.1, 0.15) is 29.8 Å². The fraction of sp³-hybridized carbons (Fsp3) is 0.714. The highest BCUT2D eigenvalue weighted by Gasteiger charge is 2.36. The first kappa shape index (κ1) is 15.4. The van der Waals surface area contributed by atoms with E-state index in [1.165, 1.54) is 42.9 Å². The zero-order chi connectivity index (χ0) is 14.5. The Kier molecular flexibility index (Phi) is 5.51. The van der Waals surface area contributed by atoms with Gasteiger partial charge in [0.1, 0.15) is 0 Å². The summed E-state index contributed by atoms with van der Waals surface area (Å²) in [6.45, 7) is 5.52. The molecule has 0 radical (unpaired) electrons. The third-order valence-electron chi connectivity index (χ3n) is 4.31. The van der Waals surface area contributed by atoms with E-state index in [9.17, 15) is 0 Å². The van der Waals surface area contributed by atoms with Gasteiger partial charge < -0.3 is 10.0 Å². The lowest BCUT2D eigenvalue weighted by Crippen LogP contribution is -2.37. The van der Waals surface area contributed by atoms with Crippen LogP contribution in [-0.2, 0) is 11.3 Å². The molecule has 0 amide bonds. The van der Waals surface area contributed by atoms with Crippen molar-refractivity contribution in [3.63, 3.8) is 0 Å². The van der Waals surface area contributed by atoms with Crippen LogP contribution in [0.5, 0.6) is 0 Å². The summed E-state index contributed by atoms with van der Waals surface area (Å²) in [5.41, 5.74) is 3.21. The van der Waals surface area contributed by atoms with Crippen LogP contribution in [0.4, 0.5) is 0 Å². The molecule has 0 saturated carbocycles. The van der Waals surface area contributed by atoms with Crippen LogP contribution in [-0.4, -0.2) is 58.6 Å². The molecule has 0 unspecified atom stereocenters. The van der Waals surface area contributed by atoms with Crippen molar-refractivity contribution in [3.05, 3.63) is 16.1 Å². The van der Waals surface area contributed by atoms with Crippen molar-refractivity contribution in [3.8, 4) is 0 Å². The maximum Gasteiger partial charge on any atom is 0.290 e. The van der Waals surface area contributed by atoms with Gasteiger partial charge in [0.05, 0.1) is 11.2 Å². The molecule has 0 aromatic carbocycles. The van der Waals surface area contributed by atoms with E-state index < -0.39 is 0 Å². The largest absolute Gasteiger partial charge is 0.483 e. The number of hydrogen-bond donors (Lipinski definition) is 1. The third-order valence-corrected chi connectivity index (χ3v) is 5.23. The van der Waals surface area contributed by atoms with Gasteiger partial charge in [-0.15, -0.1) is 11.3 Å². The number of aryl methyl sites for hydroxylation is 1.